The second-order valence-corrected chi connectivity index (χ2v) is 9.29. The van der Waals surface area contributed by atoms with Gasteiger partial charge in [-0.1, -0.05) is 23.2 Å². The predicted molar refractivity (Wildman–Crippen MR) is 145 cm³/mol. The van der Waals surface area contributed by atoms with Gasteiger partial charge in [-0.05, 0) is 48.5 Å². The number of rotatable bonds is 7. The number of amides is 2. The third-order valence-electron chi connectivity index (χ3n) is 5.66. The highest BCUT2D eigenvalue weighted by Crippen LogP contribution is 2.27. The zero-order chi connectivity index (χ0) is 26.8. The zero-order valence-electron chi connectivity index (χ0n) is 20.0. The fraction of sp³-hybridized carbons (Fsp3) is 0.115. The highest BCUT2D eigenvalue weighted by molar-refractivity contribution is 6.36. The van der Waals surface area contributed by atoms with Gasteiger partial charge < -0.3 is 24.8 Å². The summed E-state index contributed by atoms with van der Waals surface area (Å²) in [6.07, 6.45) is 4.63. The summed E-state index contributed by atoms with van der Waals surface area (Å²) in [4.78, 5) is 25.0. The van der Waals surface area contributed by atoms with Crippen LogP contribution in [0.3, 0.4) is 0 Å². The van der Waals surface area contributed by atoms with E-state index in [1.165, 1.54) is 18.5 Å². The molecular formula is C26H19Cl2N7O4. The van der Waals surface area contributed by atoms with Crippen molar-refractivity contribution < 1.29 is 19.0 Å². The normalized spacial score (nSPS) is 13.1. The van der Waals surface area contributed by atoms with Crippen LogP contribution in [0.4, 0.5) is 16.2 Å². The molecule has 6 rings (SSSR count). The average molecular weight is 564 g/mol. The van der Waals surface area contributed by atoms with E-state index in [0.717, 1.165) is 11.3 Å². The van der Waals surface area contributed by atoms with Crippen molar-refractivity contribution in [2.75, 3.05) is 23.8 Å². The number of anilines is 2. The Hall–Kier alpha value is -4.45. The molecule has 1 aliphatic rings. The molecule has 2 amide bonds. The van der Waals surface area contributed by atoms with Gasteiger partial charge in [-0.25, -0.2) is 24.3 Å². The Morgan fingerprint density at radius 2 is 1.74 bits per heavy atom. The van der Waals surface area contributed by atoms with Gasteiger partial charge in [-0.15, -0.1) is 5.10 Å². The topological polar surface area (TPSA) is 125 Å². The van der Waals surface area contributed by atoms with Gasteiger partial charge in [-0.2, -0.15) is 0 Å². The molecule has 0 atom stereocenters. The Morgan fingerprint density at radius 1 is 0.949 bits per heavy atom. The van der Waals surface area contributed by atoms with E-state index in [2.05, 4.69) is 30.7 Å². The number of hydrogen-bond acceptors (Lipinski definition) is 8. The second-order valence-electron chi connectivity index (χ2n) is 8.45. The lowest BCUT2D eigenvalue weighted by Crippen LogP contribution is -2.38. The summed E-state index contributed by atoms with van der Waals surface area (Å²) >= 11 is 12.0. The van der Waals surface area contributed by atoms with Crippen molar-refractivity contribution in [1.29, 1.82) is 0 Å². The first kappa shape index (κ1) is 24.9. The Morgan fingerprint density at radius 3 is 2.46 bits per heavy atom. The van der Waals surface area contributed by atoms with Crippen LogP contribution in [-0.4, -0.2) is 49.9 Å². The maximum atomic E-state index is 12.3. The standard InChI is InChI=1S/C26H19Cl2N7O4/c27-16-3-6-21(20(28)9-16)33-25(36)32-17-10-30-26(31-11-17)39-18-4-1-15(2-5-18)22-12-29-23-7-8-24(34-35(22)23)38-19-13-37-14-19/h1-12,19H,13-14H2,(H2,32,33,36). The molecule has 13 heteroatoms. The molecule has 0 aliphatic carbocycles. The molecule has 11 nitrogen and oxygen atoms in total. The smallest absolute Gasteiger partial charge is 0.323 e. The molecule has 1 saturated heterocycles. The number of carbonyl (C=O) groups is 1. The van der Waals surface area contributed by atoms with E-state index < -0.39 is 6.03 Å². The molecule has 1 fully saturated rings. The highest BCUT2D eigenvalue weighted by atomic mass is 35.5. The van der Waals surface area contributed by atoms with Gasteiger partial charge in [0.05, 0.1) is 53.9 Å². The van der Waals surface area contributed by atoms with E-state index >= 15 is 0 Å². The van der Waals surface area contributed by atoms with Crippen LogP contribution in [0.25, 0.3) is 16.9 Å². The van der Waals surface area contributed by atoms with Gasteiger partial charge in [0.1, 0.15) is 11.9 Å². The third kappa shape index (κ3) is 5.70. The lowest BCUT2D eigenvalue weighted by molar-refractivity contribution is -0.0816. The van der Waals surface area contributed by atoms with Crippen molar-refractivity contribution in [2.24, 2.45) is 0 Å². The first-order valence-electron chi connectivity index (χ1n) is 11.7. The van der Waals surface area contributed by atoms with Crippen molar-refractivity contribution >= 4 is 46.3 Å². The summed E-state index contributed by atoms with van der Waals surface area (Å²) in [5, 5.41) is 10.6. The second kappa shape index (κ2) is 10.7. The molecule has 0 bridgehead atoms. The number of ether oxygens (including phenoxy) is 3. The quantitative estimate of drug-likeness (QED) is 0.258. The van der Waals surface area contributed by atoms with Gasteiger partial charge in [0, 0.05) is 16.7 Å². The monoisotopic (exact) mass is 563 g/mol. The molecule has 3 aromatic heterocycles. The van der Waals surface area contributed by atoms with Crippen molar-refractivity contribution in [2.45, 2.75) is 6.10 Å². The molecule has 0 unspecified atom stereocenters. The van der Waals surface area contributed by atoms with Crippen LogP contribution in [0.1, 0.15) is 0 Å². The third-order valence-corrected chi connectivity index (χ3v) is 6.21. The van der Waals surface area contributed by atoms with E-state index in [1.807, 2.05) is 18.2 Å². The number of carbonyl (C=O) groups excluding carboxylic acids is 1. The number of imidazole rings is 1. The van der Waals surface area contributed by atoms with E-state index in [1.54, 1.807) is 41.0 Å². The van der Waals surface area contributed by atoms with Crippen LogP contribution in [0.15, 0.2) is 73.2 Å². The molecule has 5 aromatic rings. The van der Waals surface area contributed by atoms with Gasteiger partial charge in [0.25, 0.3) is 0 Å². The zero-order valence-corrected chi connectivity index (χ0v) is 21.6. The number of hydrogen-bond donors (Lipinski definition) is 2. The summed E-state index contributed by atoms with van der Waals surface area (Å²) < 4.78 is 18.5. The number of nitrogens with zero attached hydrogens (tertiary/aromatic N) is 5. The first-order valence-corrected chi connectivity index (χ1v) is 12.5. The fourth-order valence-corrected chi connectivity index (χ4v) is 4.13. The van der Waals surface area contributed by atoms with Crippen molar-refractivity contribution in [3.63, 3.8) is 0 Å². The summed E-state index contributed by atoms with van der Waals surface area (Å²) in [6.45, 7) is 1.13. The van der Waals surface area contributed by atoms with E-state index in [-0.39, 0.29) is 12.1 Å². The Labute approximate surface area is 231 Å². The molecule has 0 saturated carbocycles. The first-order chi connectivity index (χ1) is 19.0. The average Bonchev–Trinajstić information content (AvgIpc) is 3.33. The number of urea groups is 1. The maximum Gasteiger partial charge on any atom is 0.323 e. The van der Waals surface area contributed by atoms with Gasteiger partial charge in [0.2, 0.25) is 5.88 Å². The number of aromatic nitrogens is 5. The van der Waals surface area contributed by atoms with E-state index in [9.17, 15) is 4.79 Å². The van der Waals surface area contributed by atoms with Crippen molar-refractivity contribution in [1.82, 2.24) is 24.6 Å². The Kier molecular flexibility index (Phi) is 6.84. The van der Waals surface area contributed by atoms with Crippen LogP contribution in [0.5, 0.6) is 17.6 Å². The minimum atomic E-state index is -0.510. The largest absolute Gasteiger partial charge is 0.468 e. The van der Waals surface area contributed by atoms with Gasteiger partial charge in [-0.3, -0.25) is 0 Å². The minimum absolute atomic E-state index is 0.0241. The van der Waals surface area contributed by atoms with Gasteiger partial charge in [0.15, 0.2) is 5.65 Å². The van der Waals surface area contributed by atoms with Crippen LogP contribution in [-0.2, 0) is 4.74 Å². The molecule has 2 N–H and O–H groups in total. The van der Waals surface area contributed by atoms with Crippen molar-refractivity contribution in [3.8, 4) is 28.9 Å². The van der Waals surface area contributed by atoms with Gasteiger partial charge >= 0.3 is 12.0 Å². The van der Waals surface area contributed by atoms with Crippen LogP contribution >= 0.6 is 23.2 Å². The molecule has 4 heterocycles. The molecule has 0 radical (unpaired) electrons. The van der Waals surface area contributed by atoms with E-state index in [0.29, 0.717) is 51.9 Å². The van der Waals surface area contributed by atoms with Crippen molar-refractivity contribution in [3.05, 3.63) is 83.2 Å². The predicted octanol–water partition coefficient (Wildman–Crippen LogP) is 5.71. The summed E-state index contributed by atoms with van der Waals surface area (Å²) in [5.41, 5.74) is 3.18. The van der Waals surface area contributed by atoms with Crippen LogP contribution < -0.4 is 20.1 Å². The number of benzene rings is 2. The number of fused-ring (bicyclic) bond motifs is 1. The summed E-state index contributed by atoms with van der Waals surface area (Å²) in [7, 11) is 0. The van der Waals surface area contributed by atoms with E-state index in [4.69, 9.17) is 37.4 Å². The SMILES string of the molecule is O=C(Nc1cnc(Oc2ccc(-c3cnc4ccc(OC5COC5)nn34)cc2)nc1)Nc1ccc(Cl)cc1Cl. The summed E-state index contributed by atoms with van der Waals surface area (Å²) in [6, 6.07) is 15.4. The van der Waals surface area contributed by atoms with Crippen LogP contribution in [0.2, 0.25) is 10.0 Å². The maximum absolute atomic E-state index is 12.3. The molecule has 196 valence electrons. The minimum Gasteiger partial charge on any atom is -0.468 e. The molecule has 39 heavy (non-hydrogen) atoms. The lowest BCUT2D eigenvalue weighted by Gasteiger charge is -2.25. The number of halogens is 2. The fourth-order valence-electron chi connectivity index (χ4n) is 3.68. The molecule has 0 spiro atoms. The molecular weight excluding hydrogens is 545 g/mol. The molecule has 2 aromatic carbocycles. The lowest BCUT2D eigenvalue weighted by atomic mass is 10.1. The molecule has 1 aliphatic heterocycles. The highest BCUT2D eigenvalue weighted by Gasteiger charge is 2.21. The number of nitrogens with one attached hydrogen (secondary N) is 2. The van der Waals surface area contributed by atoms with Crippen LogP contribution in [0, 0.1) is 0 Å². The Bertz CT molecular complexity index is 1640. The Balaban J connectivity index is 1.09. The summed E-state index contributed by atoms with van der Waals surface area (Å²) in [5.74, 6) is 1.04.